The van der Waals surface area contributed by atoms with Crippen molar-refractivity contribution in [2.24, 2.45) is 0 Å². The number of hydrogen-bond donors (Lipinski definition) is 2. The average molecular weight is 155 g/mol. The molecule has 0 aliphatic heterocycles. The molecule has 0 saturated heterocycles. The highest BCUT2D eigenvalue weighted by atomic mass is 79.9. The highest BCUT2D eigenvalue weighted by molar-refractivity contribution is 9.09. The maximum Gasteiger partial charge on any atom is 0.111 e. The van der Waals surface area contributed by atoms with E-state index in [1.165, 1.54) is 0 Å². The fraction of sp³-hybridized carbons (Fsp3) is 1.00. The average Bonchev–Trinajstić information content (AvgIpc) is 1.35. The first-order valence-corrected chi connectivity index (χ1v) is 2.62. The van der Waals surface area contributed by atoms with Gasteiger partial charge in [0, 0.05) is 13.0 Å². The Balaban J connectivity index is 2.63. The Bertz CT molecular complexity index is 30.0. The zero-order chi connectivity index (χ0) is 4.99. The van der Waals surface area contributed by atoms with E-state index >= 15 is 0 Å². The van der Waals surface area contributed by atoms with Crippen molar-refractivity contribution >= 4 is 15.9 Å². The lowest BCUT2D eigenvalue weighted by molar-refractivity contribution is 0.203. The van der Waals surface area contributed by atoms with Crippen LogP contribution in [0.5, 0.6) is 0 Å². The molecule has 2 N–H and O–H groups in total. The molecule has 0 heterocycles. The van der Waals surface area contributed by atoms with Gasteiger partial charge in [0.25, 0.3) is 0 Å². The molecule has 0 rings (SSSR count). The first-order chi connectivity index (χ1) is 2.77. The number of aliphatic hydroxyl groups excluding tert-OH is 2. The minimum atomic E-state index is -0.539. The van der Waals surface area contributed by atoms with Gasteiger partial charge in [-0.3, -0.25) is 0 Å². The van der Waals surface area contributed by atoms with Gasteiger partial charge in [-0.2, -0.15) is 0 Å². The summed E-state index contributed by atoms with van der Waals surface area (Å²) in [5.74, 6) is 0. The van der Waals surface area contributed by atoms with Crippen molar-refractivity contribution in [1.82, 2.24) is 0 Å². The van der Waals surface area contributed by atoms with Gasteiger partial charge in [-0.05, 0) is 0 Å². The zero-order valence-corrected chi connectivity index (χ0v) is 4.85. The Labute approximate surface area is 44.9 Å². The van der Waals surface area contributed by atoms with Gasteiger partial charge < -0.3 is 10.2 Å². The molecule has 1 atom stereocenters. The Hall–Kier alpha value is 0.400. The van der Waals surface area contributed by atoms with Gasteiger partial charge >= 0.3 is 0 Å². The van der Waals surface area contributed by atoms with Crippen molar-refractivity contribution in [2.75, 3.05) is 6.61 Å². The van der Waals surface area contributed by atoms with Crippen LogP contribution in [-0.4, -0.2) is 21.8 Å². The number of aliphatic hydroxyl groups is 2. The summed E-state index contributed by atoms with van der Waals surface area (Å²) in [6, 6.07) is 0. The second-order valence-electron chi connectivity index (χ2n) is 0.947. The molecule has 0 aliphatic carbocycles. The summed E-state index contributed by atoms with van der Waals surface area (Å²) in [6.07, 6.45) is 0.403. The van der Waals surface area contributed by atoms with Crippen LogP contribution >= 0.6 is 15.9 Å². The first kappa shape index (κ1) is 6.40. The number of halogens is 1. The standard InChI is InChI=1S/C3H7BrO2/c4-3(6)1-2-5/h3,5-6H,1-2H2. The van der Waals surface area contributed by atoms with Crippen LogP contribution in [0.25, 0.3) is 0 Å². The lowest BCUT2D eigenvalue weighted by Crippen LogP contribution is -1.96. The van der Waals surface area contributed by atoms with Crippen LogP contribution in [0, 0.1) is 0 Å². The quantitative estimate of drug-likeness (QED) is 0.554. The van der Waals surface area contributed by atoms with Crippen molar-refractivity contribution in [3.63, 3.8) is 0 Å². The van der Waals surface area contributed by atoms with Crippen LogP contribution in [-0.2, 0) is 0 Å². The third-order valence-corrected chi connectivity index (χ3v) is 0.825. The fourth-order valence-electron chi connectivity index (χ4n) is 0.107. The summed E-state index contributed by atoms with van der Waals surface area (Å²) in [6.45, 7) is 0.0341. The second kappa shape index (κ2) is 3.59. The van der Waals surface area contributed by atoms with Gasteiger partial charge in [-0.1, -0.05) is 15.9 Å². The molecular formula is C3H7BrO2. The van der Waals surface area contributed by atoms with Gasteiger partial charge in [0.05, 0.1) is 0 Å². The molecule has 0 saturated carbocycles. The summed E-state index contributed by atoms with van der Waals surface area (Å²) in [5.41, 5.74) is 0. The third kappa shape index (κ3) is 4.40. The predicted octanol–water partition coefficient (Wildman–Crippen LogP) is 0.0821. The van der Waals surface area contributed by atoms with Crippen LogP contribution in [0.1, 0.15) is 6.42 Å². The van der Waals surface area contributed by atoms with Crippen LogP contribution in [0.4, 0.5) is 0 Å². The molecule has 0 amide bonds. The van der Waals surface area contributed by atoms with Gasteiger partial charge in [0.1, 0.15) is 5.01 Å². The number of rotatable bonds is 2. The summed E-state index contributed by atoms with van der Waals surface area (Å²) in [5, 5.41) is 15.8. The minimum absolute atomic E-state index is 0.0341. The Morgan fingerprint density at radius 3 is 2.17 bits per heavy atom. The maximum atomic E-state index is 8.31. The molecule has 0 bridgehead atoms. The normalized spacial score (nSPS) is 14.5. The van der Waals surface area contributed by atoms with Crippen LogP contribution in [0.2, 0.25) is 0 Å². The largest absolute Gasteiger partial charge is 0.396 e. The molecule has 0 aromatic carbocycles. The number of hydrogen-bond acceptors (Lipinski definition) is 2. The van der Waals surface area contributed by atoms with E-state index < -0.39 is 5.01 Å². The monoisotopic (exact) mass is 154 g/mol. The van der Waals surface area contributed by atoms with E-state index in [9.17, 15) is 0 Å². The van der Waals surface area contributed by atoms with Crippen molar-refractivity contribution < 1.29 is 10.2 Å². The van der Waals surface area contributed by atoms with Crippen molar-refractivity contribution in [1.29, 1.82) is 0 Å². The highest BCUT2D eigenvalue weighted by Gasteiger charge is 1.90. The predicted molar refractivity (Wildman–Crippen MR) is 26.6 cm³/mol. The van der Waals surface area contributed by atoms with Crippen LogP contribution in [0.3, 0.4) is 0 Å². The Morgan fingerprint density at radius 2 is 2.17 bits per heavy atom. The fourth-order valence-corrected chi connectivity index (χ4v) is 0.311. The molecule has 0 aromatic heterocycles. The lowest BCUT2D eigenvalue weighted by atomic mass is 10.5. The molecule has 2 nitrogen and oxygen atoms in total. The third-order valence-electron chi connectivity index (χ3n) is 0.367. The summed E-state index contributed by atoms with van der Waals surface area (Å²) in [4.78, 5) is 0. The van der Waals surface area contributed by atoms with Crippen molar-refractivity contribution in [3.05, 3.63) is 0 Å². The van der Waals surface area contributed by atoms with E-state index in [0.29, 0.717) is 6.42 Å². The summed E-state index contributed by atoms with van der Waals surface area (Å²) >= 11 is 2.83. The Kier molecular flexibility index (Phi) is 3.82. The molecule has 0 fully saturated rings. The van der Waals surface area contributed by atoms with E-state index in [2.05, 4.69) is 15.9 Å². The number of alkyl halides is 1. The van der Waals surface area contributed by atoms with Crippen LogP contribution in [0.15, 0.2) is 0 Å². The van der Waals surface area contributed by atoms with Crippen molar-refractivity contribution in [2.45, 2.75) is 11.4 Å². The Morgan fingerprint density at radius 1 is 1.67 bits per heavy atom. The smallest absolute Gasteiger partial charge is 0.111 e. The molecule has 3 heteroatoms. The highest BCUT2D eigenvalue weighted by Crippen LogP contribution is 1.96. The van der Waals surface area contributed by atoms with E-state index in [1.807, 2.05) is 0 Å². The van der Waals surface area contributed by atoms with Gasteiger partial charge in [-0.15, -0.1) is 0 Å². The van der Waals surface area contributed by atoms with Crippen LogP contribution < -0.4 is 0 Å². The summed E-state index contributed by atoms with van der Waals surface area (Å²) < 4.78 is 0. The van der Waals surface area contributed by atoms with Gasteiger partial charge in [0.2, 0.25) is 0 Å². The first-order valence-electron chi connectivity index (χ1n) is 1.70. The molecule has 0 radical (unpaired) electrons. The lowest BCUT2D eigenvalue weighted by Gasteiger charge is -1.92. The SMILES string of the molecule is OCCC(O)Br. The van der Waals surface area contributed by atoms with Gasteiger partial charge in [0.15, 0.2) is 0 Å². The molecule has 1 unspecified atom stereocenters. The molecule has 0 aromatic rings. The molecule has 0 aliphatic rings. The molecule has 0 spiro atoms. The van der Waals surface area contributed by atoms with E-state index in [4.69, 9.17) is 10.2 Å². The van der Waals surface area contributed by atoms with E-state index in [0.717, 1.165) is 0 Å². The van der Waals surface area contributed by atoms with E-state index in [1.54, 1.807) is 0 Å². The minimum Gasteiger partial charge on any atom is -0.396 e. The molecule has 38 valence electrons. The van der Waals surface area contributed by atoms with Gasteiger partial charge in [-0.25, -0.2) is 0 Å². The summed E-state index contributed by atoms with van der Waals surface area (Å²) in [7, 11) is 0. The zero-order valence-electron chi connectivity index (χ0n) is 3.26. The maximum absolute atomic E-state index is 8.31. The van der Waals surface area contributed by atoms with Crippen molar-refractivity contribution in [3.8, 4) is 0 Å². The second-order valence-corrected chi connectivity index (χ2v) is 2.00. The van der Waals surface area contributed by atoms with E-state index in [-0.39, 0.29) is 6.61 Å². The molecular weight excluding hydrogens is 148 g/mol. The molecule has 6 heavy (non-hydrogen) atoms. The topological polar surface area (TPSA) is 40.5 Å².